The second-order valence-corrected chi connectivity index (χ2v) is 8.60. The van der Waals surface area contributed by atoms with Gasteiger partial charge < -0.3 is 14.6 Å². The minimum Gasteiger partial charge on any atom is -0.492 e. The summed E-state index contributed by atoms with van der Waals surface area (Å²) in [4.78, 5) is 11.1. The largest absolute Gasteiger partial charge is 0.492 e. The van der Waals surface area contributed by atoms with Gasteiger partial charge in [-0.2, -0.15) is 5.26 Å². The summed E-state index contributed by atoms with van der Waals surface area (Å²) in [6.07, 6.45) is 1.02. The Hall–Kier alpha value is -3.92. The van der Waals surface area contributed by atoms with Gasteiger partial charge in [-0.1, -0.05) is 18.2 Å². The predicted molar refractivity (Wildman–Crippen MR) is 119 cm³/mol. The van der Waals surface area contributed by atoms with Gasteiger partial charge in [-0.15, -0.1) is 0 Å². The number of hydrogen-bond acceptors (Lipinski definition) is 4. The molecule has 34 heavy (non-hydrogen) atoms. The van der Waals surface area contributed by atoms with Gasteiger partial charge in [0.05, 0.1) is 24.7 Å². The summed E-state index contributed by atoms with van der Waals surface area (Å²) in [5.74, 6) is -1.10. The highest BCUT2D eigenvalue weighted by Crippen LogP contribution is 2.42. The Labute approximate surface area is 195 Å². The lowest BCUT2D eigenvalue weighted by molar-refractivity contribution is -0.137. The van der Waals surface area contributed by atoms with Crippen LogP contribution in [0.4, 0.5) is 8.78 Å². The Morgan fingerprint density at radius 2 is 1.88 bits per heavy atom. The minimum atomic E-state index is -0.868. The van der Waals surface area contributed by atoms with E-state index in [0.29, 0.717) is 42.1 Å². The van der Waals surface area contributed by atoms with Crippen LogP contribution in [0.1, 0.15) is 58.2 Å². The molecule has 0 saturated heterocycles. The fourth-order valence-corrected chi connectivity index (χ4v) is 4.92. The van der Waals surface area contributed by atoms with Crippen molar-refractivity contribution in [3.05, 3.63) is 93.5 Å². The Morgan fingerprint density at radius 3 is 2.62 bits per heavy atom. The van der Waals surface area contributed by atoms with E-state index in [1.165, 1.54) is 18.2 Å². The van der Waals surface area contributed by atoms with Crippen molar-refractivity contribution in [2.24, 2.45) is 0 Å². The van der Waals surface area contributed by atoms with Crippen LogP contribution in [-0.4, -0.2) is 17.7 Å². The number of aliphatic carboxylic acids is 1. The first-order valence-corrected chi connectivity index (χ1v) is 11.1. The van der Waals surface area contributed by atoms with Crippen molar-refractivity contribution in [1.82, 2.24) is 0 Å². The molecule has 1 N–H and O–H groups in total. The molecule has 0 amide bonds. The maximum Gasteiger partial charge on any atom is 0.304 e. The molecule has 1 aliphatic carbocycles. The first-order valence-electron chi connectivity index (χ1n) is 11.1. The van der Waals surface area contributed by atoms with E-state index in [1.807, 2.05) is 12.1 Å². The number of carboxylic acids is 1. The van der Waals surface area contributed by atoms with E-state index < -0.39 is 17.6 Å². The van der Waals surface area contributed by atoms with Gasteiger partial charge in [0.15, 0.2) is 0 Å². The van der Waals surface area contributed by atoms with Gasteiger partial charge in [0.25, 0.3) is 0 Å². The molecule has 7 heteroatoms. The Kier molecular flexibility index (Phi) is 5.66. The maximum absolute atomic E-state index is 14.3. The molecule has 5 rings (SSSR count). The maximum atomic E-state index is 14.3. The lowest BCUT2D eigenvalue weighted by Gasteiger charge is -2.17. The molecule has 1 unspecified atom stereocenters. The van der Waals surface area contributed by atoms with Crippen LogP contribution in [0.2, 0.25) is 0 Å². The van der Waals surface area contributed by atoms with Crippen molar-refractivity contribution >= 4 is 5.97 Å². The number of rotatable bonds is 6. The first-order chi connectivity index (χ1) is 16.4. The molecule has 0 bridgehead atoms. The van der Waals surface area contributed by atoms with E-state index in [1.54, 1.807) is 18.2 Å². The molecule has 2 atom stereocenters. The summed E-state index contributed by atoms with van der Waals surface area (Å²) in [6, 6.07) is 14.9. The van der Waals surface area contributed by atoms with Crippen molar-refractivity contribution in [2.45, 2.75) is 37.7 Å². The highest BCUT2D eigenvalue weighted by Gasteiger charge is 2.30. The van der Waals surface area contributed by atoms with Gasteiger partial charge in [-0.3, -0.25) is 4.79 Å². The van der Waals surface area contributed by atoms with E-state index in [-0.39, 0.29) is 30.4 Å². The van der Waals surface area contributed by atoms with Crippen LogP contribution in [0.5, 0.6) is 11.5 Å². The number of nitrogens with zero attached hydrogens (tertiary/aromatic N) is 1. The number of halogens is 2. The number of carboxylic acid groups (broad SMARTS) is 1. The number of fused-ring (bicyclic) bond motifs is 2. The molecule has 172 valence electrons. The molecule has 1 aliphatic heterocycles. The lowest BCUT2D eigenvalue weighted by atomic mass is 9.92. The molecule has 0 spiro atoms. The third-order valence-electron chi connectivity index (χ3n) is 6.57. The van der Waals surface area contributed by atoms with Gasteiger partial charge in [0, 0.05) is 29.5 Å². The van der Waals surface area contributed by atoms with Crippen LogP contribution in [-0.2, 0) is 17.6 Å². The van der Waals surface area contributed by atoms with Crippen LogP contribution >= 0.6 is 0 Å². The van der Waals surface area contributed by atoms with Gasteiger partial charge in [0.2, 0.25) is 0 Å². The summed E-state index contributed by atoms with van der Waals surface area (Å²) < 4.78 is 40.5. The molecular formula is C27H21F2NO4. The van der Waals surface area contributed by atoms with Crippen molar-refractivity contribution in [3.8, 4) is 17.6 Å². The zero-order chi connectivity index (χ0) is 23.8. The van der Waals surface area contributed by atoms with Crippen molar-refractivity contribution in [1.29, 1.82) is 5.26 Å². The Morgan fingerprint density at radius 1 is 1.12 bits per heavy atom. The molecule has 2 aliphatic rings. The molecule has 5 nitrogen and oxygen atoms in total. The number of benzene rings is 3. The molecule has 0 saturated carbocycles. The zero-order valence-electron chi connectivity index (χ0n) is 18.2. The van der Waals surface area contributed by atoms with E-state index >= 15 is 0 Å². The smallest absolute Gasteiger partial charge is 0.304 e. The van der Waals surface area contributed by atoms with Gasteiger partial charge in [-0.25, -0.2) is 8.78 Å². The van der Waals surface area contributed by atoms with Crippen molar-refractivity contribution in [2.75, 3.05) is 6.61 Å². The highest BCUT2D eigenvalue weighted by atomic mass is 19.1. The van der Waals surface area contributed by atoms with Gasteiger partial charge in [-0.05, 0) is 53.8 Å². The van der Waals surface area contributed by atoms with Gasteiger partial charge >= 0.3 is 5.97 Å². The SMILES string of the molecule is N#Cc1ccc2c(c1Cc1c(F)cccc1F)CC[C@H]2Oc1ccc2c(c1)OCC2CC(=O)O. The fourth-order valence-electron chi connectivity index (χ4n) is 4.92. The molecule has 3 aromatic rings. The van der Waals surface area contributed by atoms with Crippen LogP contribution in [0, 0.1) is 23.0 Å². The Balaban J connectivity index is 1.42. The molecule has 0 aromatic heterocycles. The van der Waals surface area contributed by atoms with Crippen LogP contribution < -0.4 is 9.47 Å². The lowest BCUT2D eigenvalue weighted by Crippen LogP contribution is -2.07. The van der Waals surface area contributed by atoms with Crippen LogP contribution in [0.25, 0.3) is 0 Å². The monoisotopic (exact) mass is 461 g/mol. The third kappa shape index (κ3) is 3.96. The standard InChI is InChI=1S/C27H21F2NO4/c28-23-2-1-3-24(29)22(23)12-21-15(13-30)4-6-20-19(21)8-9-25(20)34-17-5-7-18-16(10-27(31)32)14-33-26(18)11-17/h1-7,11,16,25H,8-10,12,14H2,(H,31,32)/t16?,25-/m1/s1. The first kappa shape index (κ1) is 21.9. The number of hydrogen-bond donors (Lipinski definition) is 1. The topological polar surface area (TPSA) is 79.5 Å². The fraction of sp³-hybridized carbons (Fsp3) is 0.259. The average molecular weight is 461 g/mol. The summed E-state index contributed by atoms with van der Waals surface area (Å²) >= 11 is 0. The quantitative estimate of drug-likeness (QED) is 0.529. The second-order valence-electron chi connectivity index (χ2n) is 8.60. The molecule has 0 fully saturated rings. The van der Waals surface area contributed by atoms with E-state index in [9.17, 15) is 18.8 Å². The summed E-state index contributed by atoms with van der Waals surface area (Å²) in [6.45, 7) is 0.324. The molecule has 3 aromatic carbocycles. The number of nitriles is 1. The van der Waals surface area contributed by atoms with Crippen LogP contribution in [0.15, 0.2) is 48.5 Å². The molecule has 1 heterocycles. The van der Waals surface area contributed by atoms with E-state index in [4.69, 9.17) is 14.6 Å². The number of carbonyl (C=O) groups is 1. The summed E-state index contributed by atoms with van der Waals surface area (Å²) in [5, 5.41) is 18.7. The predicted octanol–water partition coefficient (Wildman–Crippen LogP) is 5.44. The normalized spacial score (nSPS) is 18.0. The second kappa shape index (κ2) is 8.79. The summed E-state index contributed by atoms with van der Waals surface area (Å²) in [5.41, 5.74) is 3.63. The van der Waals surface area contributed by atoms with E-state index in [2.05, 4.69) is 6.07 Å². The molecule has 0 radical (unpaired) electrons. The minimum absolute atomic E-state index is 0.00502. The summed E-state index contributed by atoms with van der Waals surface area (Å²) in [7, 11) is 0. The van der Waals surface area contributed by atoms with Crippen molar-refractivity contribution in [3.63, 3.8) is 0 Å². The van der Waals surface area contributed by atoms with Gasteiger partial charge in [0.1, 0.15) is 29.2 Å². The number of ether oxygens (including phenoxy) is 2. The van der Waals surface area contributed by atoms with Crippen LogP contribution in [0.3, 0.4) is 0 Å². The van der Waals surface area contributed by atoms with E-state index in [0.717, 1.165) is 16.7 Å². The highest BCUT2D eigenvalue weighted by molar-refractivity contribution is 5.68. The van der Waals surface area contributed by atoms with Crippen molar-refractivity contribution < 1.29 is 28.2 Å². The molecular weight excluding hydrogens is 440 g/mol. The average Bonchev–Trinajstić information content (AvgIpc) is 3.40. The Bertz CT molecular complexity index is 1310. The zero-order valence-corrected chi connectivity index (χ0v) is 18.2. The third-order valence-corrected chi connectivity index (χ3v) is 6.57.